The number of unbranched alkanes of at least 4 members (excludes halogenated alkanes) is 22. The smallest absolute Gasteiger partial charge is 0.457 e. The summed E-state index contributed by atoms with van der Waals surface area (Å²) in [5, 5.41) is 18.3. The Labute approximate surface area is 294 Å². The monoisotopic (exact) mass is 707 g/mol. The van der Waals surface area contributed by atoms with Crippen LogP contribution in [0.15, 0.2) is 12.2 Å². The third-order valence-corrected chi connectivity index (χ3v) is 9.40. The van der Waals surface area contributed by atoms with E-state index in [1.807, 2.05) is 0 Å². The summed E-state index contributed by atoms with van der Waals surface area (Å²) in [7, 11) is -4.50. The summed E-state index contributed by atoms with van der Waals surface area (Å²) in [5.74, 6) is -0.387. The van der Waals surface area contributed by atoms with Crippen LogP contribution < -0.4 is 0 Å². The number of esters is 1. The van der Waals surface area contributed by atoms with Gasteiger partial charge in [-0.15, -0.1) is 0 Å². The van der Waals surface area contributed by atoms with Crippen LogP contribution in [0.5, 0.6) is 0 Å². The molecule has 0 aliphatic carbocycles. The van der Waals surface area contributed by atoms with Gasteiger partial charge < -0.3 is 24.6 Å². The number of aliphatic hydroxyl groups excluding tert-OH is 2. The minimum absolute atomic E-state index is 0.0515. The van der Waals surface area contributed by atoms with Gasteiger partial charge in [0.25, 0.3) is 0 Å². The second-order valence-electron chi connectivity index (χ2n) is 13.3. The molecule has 0 aromatic carbocycles. The van der Waals surface area contributed by atoms with Crippen LogP contribution >= 0.6 is 7.82 Å². The lowest BCUT2D eigenvalue weighted by Crippen LogP contribution is -2.29. The summed E-state index contributed by atoms with van der Waals surface area (Å²) in [5.41, 5.74) is 0. The first-order chi connectivity index (χ1) is 23.3. The highest BCUT2D eigenvalue weighted by Crippen LogP contribution is 2.43. The lowest BCUT2D eigenvalue weighted by Gasteiger charge is -2.20. The standard InChI is InChI=1S/C38H75O9P/c1-3-5-7-9-11-13-14-15-16-17-18-19-20-21-22-23-25-27-29-31-44-34-37(35-46-48(42,43)45-33-36(40)32-39)47-38(41)30-28-26-24-12-10-8-6-4-2/h16-17,36-37,39-40H,3-15,18-35H2,1-2H3,(H,42,43)/b17-16-. The maximum atomic E-state index is 12.5. The average molecular weight is 707 g/mol. The maximum absolute atomic E-state index is 12.5. The molecular weight excluding hydrogens is 631 g/mol. The van der Waals surface area contributed by atoms with Gasteiger partial charge >= 0.3 is 13.8 Å². The normalized spacial score (nSPS) is 14.4. The Kier molecular flexibility index (Phi) is 35.4. The van der Waals surface area contributed by atoms with Crippen LogP contribution in [0.4, 0.5) is 0 Å². The SMILES string of the molecule is CCCCCCCCC/C=C\CCCCCCCCCCOCC(COP(=O)(O)OCC(O)CO)OC(=O)CCCCCCCCCC. The topological polar surface area (TPSA) is 132 Å². The zero-order valence-electron chi connectivity index (χ0n) is 31.0. The number of rotatable bonds is 38. The van der Waals surface area contributed by atoms with Crippen molar-refractivity contribution in [1.82, 2.24) is 0 Å². The molecular formula is C38H75O9P. The number of aliphatic hydroxyl groups is 2. The molecule has 0 aromatic heterocycles. The van der Waals surface area contributed by atoms with Crippen molar-refractivity contribution < 1.29 is 43.0 Å². The second-order valence-corrected chi connectivity index (χ2v) is 14.8. The summed E-state index contributed by atoms with van der Waals surface area (Å²) in [6, 6.07) is 0. The van der Waals surface area contributed by atoms with E-state index in [4.69, 9.17) is 23.6 Å². The molecule has 10 heteroatoms. The van der Waals surface area contributed by atoms with Crippen LogP contribution in [0.2, 0.25) is 0 Å². The summed E-state index contributed by atoms with van der Waals surface area (Å²) in [6.45, 7) is 3.49. The molecule has 3 N–H and O–H groups in total. The first kappa shape index (κ1) is 47.2. The fraction of sp³-hybridized carbons (Fsp3) is 0.921. The molecule has 286 valence electrons. The van der Waals surface area contributed by atoms with E-state index in [0.29, 0.717) is 6.61 Å². The van der Waals surface area contributed by atoms with E-state index in [0.717, 1.165) is 38.5 Å². The highest BCUT2D eigenvalue weighted by atomic mass is 31.2. The second kappa shape index (κ2) is 36.0. The van der Waals surface area contributed by atoms with Crippen molar-refractivity contribution in [2.75, 3.05) is 33.0 Å². The molecule has 0 radical (unpaired) electrons. The number of carbonyl (C=O) groups is 1. The maximum Gasteiger partial charge on any atom is 0.472 e. The Morgan fingerprint density at radius 1 is 0.625 bits per heavy atom. The summed E-state index contributed by atoms with van der Waals surface area (Å²) in [4.78, 5) is 22.4. The van der Waals surface area contributed by atoms with Crippen molar-refractivity contribution in [1.29, 1.82) is 0 Å². The Bertz CT molecular complexity index is 764. The molecule has 0 aromatic rings. The molecule has 48 heavy (non-hydrogen) atoms. The van der Waals surface area contributed by atoms with Crippen LogP contribution in [-0.2, 0) is 27.9 Å². The van der Waals surface area contributed by atoms with E-state index in [1.54, 1.807) is 0 Å². The number of phosphoric acid groups is 1. The molecule has 0 fully saturated rings. The number of hydrogen-bond acceptors (Lipinski definition) is 8. The minimum Gasteiger partial charge on any atom is -0.457 e. The van der Waals surface area contributed by atoms with E-state index < -0.39 is 33.2 Å². The Morgan fingerprint density at radius 2 is 1.06 bits per heavy atom. The van der Waals surface area contributed by atoms with Crippen LogP contribution in [0.25, 0.3) is 0 Å². The predicted octanol–water partition coefficient (Wildman–Crippen LogP) is 10.1. The molecule has 0 heterocycles. The molecule has 0 amide bonds. The molecule has 3 unspecified atom stereocenters. The highest BCUT2D eigenvalue weighted by molar-refractivity contribution is 7.47. The number of hydrogen-bond donors (Lipinski definition) is 3. The molecule has 0 aliphatic heterocycles. The van der Waals surface area contributed by atoms with Gasteiger partial charge in [0.05, 0.1) is 26.4 Å². The van der Waals surface area contributed by atoms with Gasteiger partial charge in [-0.05, 0) is 38.5 Å². The molecule has 0 saturated heterocycles. The van der Waals surface area contributed by atoms with Gasteiger partial charge in [-0.25, -0.2) is 4.57 Å². The number of ether oxygens (including phenoxy) is 2. The number of allylic oxidation sites excluding steroid dienone is 2. The van der Waals surface area contributed by atoms with Crippen molar-refractivity contribution in [3.8, 4) is 0 Å². The average Bonchev–Trinajstić information content (AvgIpc) is 3.07. The van der Waals surface area contributed by atoms with Gasteiger partial charge in [0.15, 0.2) is 0 Å². The fourth-order valence-electron chi connectivity index (χ4n) is 5.41. The fourth-order valence-corrected chi connectivity index (χ4v) is 6.20. The molecule has 9 nitrogen and oxygen atoms in total. The first-order valence-corrected chi connectivity index (χ1v) is 21.2. The third kappa shape index (κ3) is 35.0. The van der Waals surface area contributed by atoms with Gasteiger partial charge in [0.1, 0.15) is 12.2 Å². The molecule has 0 saturated carbocycles. The molecule has 0 aliphatic rings. The zero-order chi connectivity index (χ0) is 35.4. The van der Waals surface area contributed by atoms with E-state index in [9.17, 15) is 19.4 Å². The van der Waals surface area contributed by atoms with Crippen LogP contribution in [0, 0.1) is 0 Å². The van der Waals surface area contributed by atoms with E-state index in [2.05, 4.69) is 26.0 Å². The van der Waals surface area contributed by atoms with Crippen LogP contribution in [-0.4, -0.2) is 66.3 Å². The van der Waals surface area contributed by atoms with Gasteiger partial charge in [0, 0.05) is 13.0 Å². The predicted molar refractivity (Wildman–Crippen MR) is 196 cm³/mol. The van der Waals surface area contributed by atoms with Crippen molar-refractivity contribution in [2.24, 2.45) is 0 Å². The lowest BCUT2D eigenvalue weighted by molar-refractivity contribution is -0.154. The van der Waals surface area contributed by atoms with Crippen LogP contribution in [0.3, 0.4) is 0 Å². The van der Waals surface area contributed by atoms with Gasteiger partial charge in [-0.2, -0.15) is 0 Å². The van der Waals surface area contributed by atoms with Gasteiger partial charge in [-0.1, -0.05) is 148 Å². The Balaban J connectivity index is 4.08. The summed E-state index contributed by atoms with van der Waals surface area (Å²) < 4.78 is 33.2. The molecule has 0 spiro atoms. The molecule has 0 bridgehead atoms. The lowest BCUT2D eigenvalue weighted by atomic mass is 10.1. The largest absolute Gasteiger partial charge is 0.472 e. The van der Waals surface area contributed by atoms with Gasteiger partial charge in [0.2, 0.25) is 0 Å². The Morgan fingerprint density at radius 3 is 1.56 bits per heavy atom. The van der Waals surface area contributed by atoms with Crippen LogP contribution in [0.1, 0.15) is 181 Å². The van der Waals surface area contributed by atoms with E-state index >= 15 is 0 Å². The van der Waals surface area contributed by atoms with Crippen molar-refractivity contribution in [3.63, 3.8) is 0 Å². The first-order valence-electron chi connectivity index (χ1n) is 19.7. The summed E-state index contributed by atoms with van der Waals surface area (Å²) >= 11 is 0. The third-order valence-electron chi connectivity index (χ3n) is 8.45. The zero-order valence-corrected chi connectivity index (χ0v) is 31.9. The van der Waals surface area contributed by atoms with Gasteiger partial charge in [-0.3, -0.25) is 13.8 Å². The van der Waals surface area contributed by atoms with E-state index in [1.165, 1.54) is 122 Å². The Hall–Kier alpha value is -0.800. The number of phosphoric ester groups is 1. The van der Waals surface area contributed by atoms with Crippen molar-refractivity contribution in [2.45, 2.75) is 193 Å². The van der Waals surface area contributed by atoms with E-state index in [-0.39, 0.29) is 25.6 Å². The summed E-state index contributed by atoms with van der Waals surface area (Å²) in [6.07, 6.45) is 33.3. The quantitative estimate of drug-likeness (QED) is 0.0248. The van der Waals surface area contributed by atoms with Crippen molar-refractivity contribution in [3.05, 3.63) is 12.2 Å². The molecule has 3 atom stereocenters. The highest BCUT2D eigenvalue weighted by Gasteiger charge is 2.26. The number of carbonyl (C=O) groups excluding carboxylic acids is 1. The van der Waals surface area contributed by atoms with Crippen molar-refractivity contribution >= 4 is 13.8 Å². The minimum atomic E-state index is -4.50. The molecule has 0 rings (SSSR count).